The van der Waals surface area contributed by atoms with Crippen LogP contribution in [0.15, 0.2) is 12.1 Å². The summed E-state index contributed by atoms with van der Waals surface area (Å²) >= 11 is 0. The van der Waals surface area contributed by atoms with E-state index in [1.54, 1.807) is 0 Å². The molecule has 1 N–H and O–H groups in total. The molecule has 3 heteroatoms. The van der Waals surface area contributed by atoms with E-state index in [0.29, 0.717) is 11.9 Å². The second-order valence-corrected chi connectivity index (χ2v) is 5.76. The molecule has 1 aromatic carbocycles. The fourth-order valence-corrected chi connectivity index (χ4v) is 2.81. The number of nitrogens with zero attached hydrogens (tertiary/aromatic N) is 1. The third-order valence-electron chi connectivity index (χ3n) is 3.79. The van der Waals surface area contributed by atoms with Crippen LogP contribution in [0.1, 0.15) is 36.0 Å². The molecule has 2 rings (SSSR count). The van der Waals surface area contributed by atoms with Gasteiger partial charge in [0.05, 0.1) is 6.10 Å². The number of hydrogen-bond acceptors (Lipinski definition) is 3. The van der Waals surface area contributed by atoms with E-state index in [1.165, 1.54) is 24.8 Å². The van der Waals surface area contributed by atoms with Crippen molar-refractivity contribution in [2.45, 2.75) is 45.8 Å². The number of phenols is 1. The molecule has 1 atom stereocenters. The highest BCUT2D eigenvalue weighted by atomic mass is 16.5. The molecular weight excluding hydrogens is 238 g/mol. The molecule has 1 aromatic rings. The van der Waals surface area contributed by atoms with Gasteiger partial charge >= 0.3 is 0 Å². The van der Waals surface area contributed by atoms with Crippen LogP contribution in [0.2, 0.25) is 0 Å². The van der Waals surface area contributed by atoms with Crippen molar-refractivity contribution < 1.29 is 9.84 Å². The van der Waals surface area contributed by atoms with Crippen molar-refractivity contribution in [3.05, 3.63) is 28.8 Å². The molecule has 19 heavy (non-hydrogen) atoms. The van der Waals surface area contributed by atoms with Crippen LogP contribution in [0.3, 0.4) is 0 Å². The summed E-state index contributed by atoms with van der Waals surface area (Å²) in [5.41, 5.74) is 3.17. The van der Waals surface area contributed by atoms with Crippen LogP contribution in [0.5, 0.6) is 5.75 Å². The van der Waals surface area contributed by atoms with Crippen molar-refractivity contribution in [3.63, 3.8) is 0 Å². The molecule has 0 radical (unpaired) electrons. The molecular formula is C16H25NO2. The average molecular weight is 263 g/mol. The predicted octanol–water partition coefficient (Wildman–Crippen LogP) is 3.01. The maximum Gasteiger partial charge on any atom is 0.121 e. The zero-order valence-corrected chi connectivity index (χ0v) is 12.3. The first-order chi connectivity index (χ1) is 9.06. The second-order valence-electron chi connectivity index (χ2n) is 5.76. The summed E-state index contributed by atoms with van der Waals surface area (Å²) in [6.07, 6.45) is 4.06. The quantitative estimate of drug-likeness (QED) is 0.906. The summed E-state index contributed by atoms with van der Waals surface area (Å²) in [5, 5.41) is 9.79. The number of hydrogen-bond donors (Lipinski definition) is 1. The first-order valence-electron chi connectivity index (χ1n) is 7.15. The Balaban J connectivity index is 1.92. The number of benzene rings is 1. The molecule has 1 aliphatic heterocycles. The van der Waals surface area contributed by atoms with Crippen LogP contribution in [0, 0.1) is 13.8 Å². The minimum Gasteiger partial charge on any atom is -0.507 e. The van der Waals surface area contributed by atoms with Gasteiger partial charge in [-0.05, 0) is 56.8 Å². The van der Waals surface area contributed by atoms with E-state index in [9.17, 15) is 5.11 Å². The Labute approximate surface area is 116 Å². The van der Waals surface area contributed by atoms with Crippen LogP contribution >= 0.6 is 0 Å². The van der Waals surface area contributed by atoms with Gasteiger partial charge in [0.2, 0.25) is 0 Å². The predicted molar refractivity (Wildman–Crippen MR) is 77.5 cm³/mol. The van der Waals surface area contributed by atoms with Gasteiger partial charge < -0.3 is 9.84 Å². The van der Waals surface area contributed by atoms with Crippen molar-refractivity contribution in [2.24, 2.45) is 0 Å². The minimum atomic E-state index is 0.387. The van der Waals surface area contributed by atoms with E-state index in [4.69, 9.17) is 4.74 Å². The first-order valence-corrected chi connectivity index (χ1v) is 7.15. The third kappa shape index (κ3) is 3.95. The molecule has 0 saturated carbocycles. The maximum absolute atomic E-state index is 9.79. The van der Waals surface area contributed by atoms with Crippen molar-refractivity contribution >= 4 is 0 Å². The van der Waals surface area contributed by atoms with E-state index in [2.05, 4.69) is 24.1 Å². The maximum atomic E-state index is 9.79. The Hall–Kier alpha value is -1.06. The Kier molecular flexibility index (Phi) is 4.83. The Morgan fingerprint density at radius 2 is 1.95 bits per heavy atom. The lowest BCUT2D eigenvalue weighted by atomic mass is 10.0. The minimum absolute atomic E-state index is 0.387. The lowest BCUT2D eigenvalue weighted by Gasteiger charge is -2.27. The van der Waals surface area contributed by atoms with Crippen molar-refractivity contribution in [1.82, 2.24) is 4.90 Å². The molecule has 106 valence electrons. The lowest BCUT2D eigenvalue weighted by molar-refractivity contribution is -0.00259. The molecule has 1 fully saturated rings. The van der Waals surface area contributed by atoms with Gasteiger partial charge in [0.1, 0.15) is 5.75 Å². The normalized spacial score (nSPS) is 19.9. The monoisotopic (exact) mass is 263 g/mol. The van der Waals surface area contributed by atoms with Crippen LogP contribution in [-0.4, -0.2) is 36.3 Å². The lowest BCUT2D eigenvalue weighted by Crippen LogP contribution is -2.33. The van der Waals surface area contributed by atoms with Crippen molar-refractivity contribution in [3.8, 4) is 5.75 Å². The SMILES string of the molecule is Cc1cc(CN(C)CC2CCCCO2)cc(C)c1O. The van der Waals surface area contributed by atoms with Gasteiger partial charge in [0.15, 0.2) is 0 Å². The molecule has 3 nitrogen and oxygen atoms in total. The highest BCUT2D eigenvalue weighted by Crippen LogP contribution is 2.23. The summed E-state index contributed by atoms with van der Waals surface area (Å²) in [6, 6.07) is 4.14. The van der Waals surface area contributed by atoms with Crippen LogP contribution in [-0.2, 0) is 11.3 Å². The van der Waals surface area contributed by atoms with E-state index in [0.717, 1.165) is 30.8 Å². The van der Waals surface area contributed by atoms with Gasteiger partial charge in [-0.25, -0.2) is 0 Å². The number of likely N-dealkylation sites (N-methyl/N-ethyl adjacent to an activating group) is 1. The fraction of sp³-hybridized carbons (Fsp3) is 0.625. The zero-order valence-electron chi connectivity index (χ0n) is 12.3. The van der Waals surface area contributed by atoms with Gasteiger partial charge in [-0.15, -0.1) is 0 Å². The van der Waals surface area contributed by atoms with Crippen LogP contribution < -0.4 is 0 Å². The number of aromatic hydroxyl groups is 1. The van der Waals surface area contributed by atoms with E-state index >= 15 is 0 Å². The average Bonchev–Trinajstić information content (AvgIpc) is 2.37. The molecule has 0 spiro atoms. The number of ether oxygens (including phenoxy) is 1. The highest BCUT2D eigenvalue weighted by molar-refractivity contribution is 5.42. The van der Waals surface area contributed by atoms with Crippen LogP contribution in [0.4, 0.5) is 0 Å². The van der Waals surface area contributed by atoms with Gasteiger partial charge in [-0.3, -0.25) is 4.90 Å². The number of rotatable bonds is 4. The van der Waals surface area contributed by atoms with E-state index in [-0.39, 0.29) is 0 Å². The molecule has 0 amide bonds. The summed E-state index contributed by atoms with van der Waals surface area (Å²) in [6.45, 7) is 6.71. The third-order valence-corrected chi connectivity index (χ3v) is 3.79. The molecule has 0 aliphatic carbocycles. The Morgan fingerprint density at radius 3 is 2.53 bits per heavy atom. The summed E-state index contributed by atoms with van der Waals surface area (Å²) in [5.74, 6) is 0.419. The van der Waals surface area contributed by atoms with Crippen LogP contribution in [0.25, 0.3) is 0 Å². The topological polar surface area (TPSA) is 32.7 Å². The molecule has 1 aliphatic rings. The summed E-state index contributed by atoms with van der Waals surface area (Å²) in [7, 11) is 2.13. The van der Waals surface area contributed by atoms with Gasteiger partial charge in [0.25, 0.3) is 0 Å². The molecule has 0 bridgehead atoms. The Bertz CT molecular complexity index is 402. The van der Waals surface area contributed by atoms with E-state index < -0.39 is 0 Å². The van der Waals surface area contributed by atoms with E-state index in [1.807, 2.05) is 13.8 Å². The number of aryl methyl sites for hydroxylation is 2. The smallest absolute Gasteiger partial charge is 0.121 e. The molecule has 1 unspecified atom stereocenters. The molecule has 1 saturated heterocycles. The fourth-order valence-electron chi connectivity index (χ4n) is 2.81. The highest BCUT2D eigenvalue weighted by Gasteiger charge is 2.16. The zero-order chi connectivity index (χ0) is 13.8. The molecule has 1 heterocycles. The largest absolute Gasteiger partial charge is 0.507 e. The Morgan fingerprint density at radius 1 is 1.26 bits per heavy atom. The first kappa shape index (κ1) is 14.4. The second kappa shape index (κ2) is 6.40. The summed E-state index contributed by atoms with van der Waals surface area (Å²) in [4.78, 5) is 2.31. The number of phenolic OH excluding ortho intramolecular Hbond substituents is 1. The van der Waals surface area contributed by atoms with Gasteiger partial charge in [-0.2, -0.15) is 0 Å². The van der Waals surface area contributed by atoms with Crippen molar-refractivity contribution in [2.75, 3.05) is 20.2 Å². The van der Waals surface area contributed by atoms with Gasteiger partial charge in [-0.1, -0.05) is 12.1 Å². The summed E-state index contributed by atoms with van der Waals surface area (Å²) < 4.78 is 5.77. The molecule has 0 aromatic heterocycles. The standard InChI is InChI=1S/C16H25NO2/c1-12-8-14(9-13(2)16(12)18)10-17(3)11-15-6-4-5-7-19-15/h8-9,15,18H,4-7,10-11H2,1-3H3. The van der Waals surface area contributed by atoms with Gasteiger partial charge in [0, 0.05) is 19.7 Å². The van der Waals surface area contributed by atoms with Crippen molar-refractivity contribution in [1.29, 1.82) is 0 Å².